The number of rotatable bonds is 7. The fourth-order valence-electron chi connectivity index (χ4n) is 4.10. The first-order chi connectivity index (χ1) is 13.5. The van der Waals surface area contributed by atoms with Gasteiger partial charge >= 0.3 is 5.97 Å². The van der Waals surface area contributed by atoms with Gasteiger partial charge in [0, 0.05) is 12.1 Å². The van der Waals surface area contributed by atoms with E-state index in [-0.39, 0.29) is 6.04 Å². The zero-order chi connectivity index (χ0) is 20.3. The number of carboxylic acid groups (broad SMARTS) is 1. The van der Waals surface area contributed by atoms with Gasteiger partial charge in [0.05, 0.1) is 20.3 Å². The molecule has 150 valence electrons. The van der Waals surface area contributed by atoms with Gasteiger partial charge in [0.15, 0.2) is 11.5 Å². The average molecular weight is 383 g/mol. The van der Waals surface area contributed by atoms with Crippen molar-refractivity contribution in [2.24, 2.45) is 0 Å². The van der Waals surface area contributed by atoms with Crippen LogP contribution in [0.4, 0.5) is 0 Å². The number of carboxylic acids is 1. The normalized spacial score (nSPS) is 18.2. The van der Waals surface area contributed by atoms with Gasteiger partial charge in [-0.3, -0.25) is 9.69 Å². The molecule has 1 heterocycles. The third-order valence-corrected chi connectivity index (χ3v) is 5.56. The summed E-state index contributed by atoms with van der Waals surface area (Å²) in [5.41, 5.74) is 3.24. The van der Waals surface area contributed by atoms with Crippen LogP contribution in [0.1, 0.15) is 55.3 Å². The molecule has 2 unspecified atom stereocenters. The maximum absolute atomic E-state index is 11.9. The number of benzene rings is 2. The minimum Gasteiger partial charge on any atom is -0.493 e. The summed E-state index contributed by atoms with van der Waals surface area (Å²) in [6, 6.07) is 13.5. The summed E-state index contributed by atoms with van der Waals surface area (Å²) in [5, 5.41) is 9.77. The van der Waals surface area contributed by atoms with Crippen molar-refractivity contribution in [2.45, 2.75) is 44.7 Å². The molecule has 0 saturated carbocycles. The Morgan fingerprint density at radius 3 is 2.32 bits per heavy atom. The van der Waals surface area contributed by atoms with Crippen LogP contribution in [0.15, 0.2) is 42.5 Å². The average Bonchev–Trinajstić information content (AvgIpc) is 3.18. The molecular weight excluding hydrogens is 354 g/mol. The molecule has 1 N–H and O–H groups in total. The molecule has 0 aliphatic carbocycles. The van der Waals surface area contributed by atoms with Crippen LogP contribution in [0.2, 0.25) is 0 Å². The van der Waals surface area contributed by atoms with E-state index in [1.165, 1.54) is 5.56 Å². The predicted molar refractivity (Wildman–Crippen MR) is 109 cm³/mol. The third-order valence-electron chi connectivity index (χ3n) is 5.56. The number of aliphatic carboxylic acids is 1. The van der Waals surface area contributed by atoms with Gasteiger partial charge in [0.1, 0.15) is 6.04 Å². The summed E-state index contributed by atoms with van der Waals surface area (Å²) in [6.07, 6.45) is 1.52. The molecule has 1 aliphatic heterocycles. The van der Waals surface area contributed by atoms with Crippen LogP contribution in [0.3, 0.4) is 0 Å². The highest BCUT2D eigenvalue weighted by Gasteiger charge is 2.38. The SMILES string of the molecule is COc1cccc(C(c2ccc(C(C)C)cc2)N2CCCC2C(=O)O)c1OC. The van der Waals surface area contributed by atoms with Crippen molar-refractivity contribution < 1.29 is 19.4 Å². The lowest BCUT2D eigenvalue weighted by Gasteiger charge is -2.33. The lowest BCUT2D eigenvalue weighted by molar-refractivity contribution is -0.142. The van der Waals surface area contributed by atoms with Gasteiger partial charge in [0.2, 0.25) is 0 Å². The number of para-hydroxylation sites is 1. The Bertz CT molecular complexity index is 816. The second-order valence-corrected chi connectivity index (χ2v) is 7.54. The van der Waals surface area contributed by atoms with Crippen molar-refractivity contribution in [1.29, 1.82) is 0 Å². The van der Waals surface area contributed by atoms with Crippen molar-refractivity contribution >= 4 is 5.97 Å². The zero-order valence-electron chi connectivity index (χ0n) is 17.0. The number of likely N-dealkylation sites (tertiary alicyclic amines) is 1. The molecule has 1 fully saturated rings. The molecule has 5 heteroatoms. The van der Waals surface area contributed by atoms with Crippen LogP contribution in [-0.2, 0) is 4.79 Å². The van der Waals surface area contributed by atoms with Gasteiger partial charge in [0.25, 0.3) is 0 Å². The molecule has 5 nitrogen and oxygen atoms in total. The summed E-state index contributed by atoms with van der Waals surface area (Å²) in [6.45, 7) is 5.06. The summed E-state index contributed by atoms with van der Waals surface area (Å²) >= 11 is 0. The minimum atomic E-state index is -0.775. The standard InChI is InChI=1S/C23H29NO4/c1-15(2)16-10-12-17(13-11-16)21(24-14-6-8-19(24)23(25)26)18-7-5-9-20(27-3)22(18)28-4/h5,7,9-13,15,19,21H,6,8,14H2,1-4H3,(H,25,26). The van der Waals surface area contributed by atoms with Gasteiger partial charge in [-0.05, 0) is 36.0 Å². The molecule has 0 radical (unpaired) electrons. The fraction of sp³-hybridized carbons (Fsp3) is 0.435. The van der Waals surface area contributed by atoms with E-state index < -0.39 is 12.0 Å². The molecule has 28 heavy (non-hydrogen) atoms. The summed E-state index contributed by atoms with van der Waals surface area (Å²) < 4.78 is 11.2. The smallest absolute Gasteiger partial charge is 0.320 e. The van der Waals surface area contributed by atoms with Gasteiger partial charge in [-0.15, -0.1) is 0 Å². The Balaban J connectivity index is 2.14. The Hall–Kier alpha value is -2.53. The van der Waals surface area contributed by atoms with Crippen molar-refractivity contribution in [1.82, 2.24) is 4.90 Å². The van der Waals surface area contributed by atoms with Gasteiger partial charge in [-0.1, -0.05) is 50.2 Å². The minimum absolute atomic E-state index is 0.213. The van der Waals surface area contributed by atoms with Crippen molar-refractivity contribution in [3.05, 3.63) is 59.2 Å². The highest BCUT2D eigenvalue weighted by molar-refractivity contribution is 5.74. The van der Waals surface area contributed by atoms with E-state index in [4.69, 9.17) is 9.47 Å². The van der Waals surface area contributed by atoms with Crippen molar-refractivity contribution in [3.63, 3.8) is 0 Å². The zero-order valence-corrected chi connectivity index (χ0v) is 17.0. The second kappa shape index (κ2) is 8.65. The van der Waals surface area contributed by atoms with Crippen LogP contribution in [-0.4, -0.2) is 42.8 Å². The molecule has 0 bridgehead atoms. The van der Waals surface area contributed by atoms with E-state index in [2.05, 4.69) is 43.0 Å². The van der Waals surface area contributed by atoms with Crippen LogP contribution in [0.5, 0.6) is 11.5 Å². The van der Waals surface area contributed by atoms with Gasteiger partial charge < -0.3 is 14.6 Å². The van der Waals surface area contributed by atoms with Crippen molar-refractivity contribution in [2.75, 3.05) is 20.8 Å². The molecule has 2 aromatic rings. The number of nitrogens with zero attached hydrogens (tertiary/aromatic N) is 1. The number of hydrogen-bond acceptors (Lipinski definition) is 4. The van der Waals surface area contributed by atoms with Crippen LogP contribution < -0.4 is 9.47 Å². The van der Waals surface area contributed by atoms with E-state index in [0.717, 1.165) is 24.1 Å². The van der Waals surface area contributed by atoms with Crippen LogP contribution in [0, 0.1) is 0 Å². The quantitative estimate of drug-likeness (QED) is 0.765. The highest BCUT2D eigenvalue weighted by Crippen LogP contribution is 2.42. The van der Waals surface area contributed by atoms with Crippen molar-refractivity contribution in [3.8, 4) is 11.5 Å². The number of methoxy groups -OCH3 is 2. The van der Waals surface area contributed by atoms with E-state index >= 15 is 0 Å². The maximum atomic E-state index is 11.9. The maximum Gasteiger partial charge on any atom is 0.320 e. The first-order valence-corrected chi connectivity index (χ1v) is 9.77. The van der Waals surface area contributed by atoms with E-state index in [0.29, 0.717) is 23.8 Å². The highest BCUT2D eigenvalue weighted by atomic mass is 16.5. The molecule has 1 saturated heterocycles. The molecule has 3 rings (SSSR count). The number of carbonyl (C=O) groups is 1. The monoisotopic (exact) mass is 383 g/mol. The molecule has 0 aromatic heterocycles. The number of hydrogen-bond donors (Lipinski definition) is 1. The van der Waals surface area contributed by atoms with Crippen LogP contribution >= 0.6 is 0 Å². The predicted octanol–water partition coefficient (Wildman–Crippen LogP) is 4.47. The lowest BCUT2D eigenvalue weighted by atomic mass is 9.92. The van der Waals surface area contributed by atoms with Crippen LogP contribution in [0.25, 0.3) is 0 Å². The largest absolute Gasteiger partial charge is 0.493 e. The van der Waals surface area contributed by atoms with Gasteiger partial charge in [-0.25, -0.2) is 0 Å². The lowest BCUT2D eigenvalue weighted by Crippen LogP contribution is -2.39. The summed E-state index contributed by atoms with van der Waals surface area (Å²) in [4.78, 5) is 14.0. The van der Waals surface area contributed by atoms with Gasteiger partial charge in [-0.2, -0.15) is 0 Å². The topological polar surface area (TPSA) is 59.0 Å². The molecule has 2 atom stereocenters. The Labute approximate surface area is 166 Å². The molecule has 2 aromatic carbocycles. The van der Waals surface area contributed by atoms with E-state index in [1.807, 2.05) is 18.2 Å². The first kappa shape index (κ1) is 20.2. The third kappa shape index (κ3) is 3.85. The number of ether oxygens (including phenoxy) is 2. The Morgan fingerprint density at radius 1 is 1.07 bits per heavy atom. The Morgan fingerprint density at radius 2 is 1.75 bits per heavy atom. The molecule has 0 amide bonds. The molecular formula is C23H29NO4. The second-order valence-electron chi connectivity index (χ2n) is 7.54. The summed E-state index contributed by atoms with van der Waals surface area (Å²) in [7, 11) is 3.24. The molecule has 0 spiro atoms. The van der Waals surface area contributed by atoms with E-state index in [1.54, 1.807) is 14.2 Å². The summed E-state index contributed by atoms with van der Waals surface area (Å²) in [5.74, 6) is 0.967. The Kier molecular flexibility index (Phi) is 6.25. The van der Waals surface area contributed by atoms with E-state index in [9.17, 15) is 9.90 Å². The first-order valence-electron chi connectivity index (χ1n) is 9.77. The molecule has 1 aliphatic rings. The fourth-order valence-corrected chi connectivity index (χ4v) is 4.10.